The van der Waals surface area contributed by atoms with E-state index in [4.69, 9.17) is 36.9 Å². The van der Waals surface area contributed by atoms with E-state index in [0.717, 1.165) is 0 Å². The number of esters is 1. The van der Waals surface area contributed by atoms with Gasteiger partial charge in [-0.2, -0.15) is 8.42 Å². The lowest BCUT2D eigenvalue weighted by Gasteiger charge is -2.11. The number of methoxy groups -OCH3 is 1. The van der Waals surface area contributed by atoms with Crippen LogP contribution < -0.4 is 8.92 Å². The monoisotopic (exact) mass is 503 g/mol. The summed E-state index contributed by atoms with van der Waals surface area (Å²) in [4.78, 5) is 16.4. The molecule has 0 spiro atoms. The Morgan fingerprint density at radius 1 is 0.939 bits per heavy atom. The lowest BCUT2D eigenvalue weighted by atomic mass is 10.1. The SMILES string of the molecule is COc1cc(/C=C2\N=C(c3cccc(Cl)c3)OC2=O)ccc1OS(=O)(=O)c1ccc(Cl)cc1. The molecule has 0 N–H and O–H groups in total. The number of carbonyl (C=O) groups excluding carboxylic acids is 1. The summed E-state index contributed by atoms with van der Waals surface area (Å²) < 4.78 is 40.9. The molecular weight excluding hydrogens is 489 g/mol. The molecule has 0 saturated carbocycles. The first kappa shape index (κ1) is 22.8. The summed E-state index contributed by atoms with van der Waals surface area (Å²) in [6.07, 6.45) is 1.49. The van der Waals surface area contributed by atoms with Crippen molar-refractivity contribution in [3.63, 3.8) is 0 Å². The smallest absolute Gasteiger partial charge is 0.363 e. The van der Waals surface area contributed by atoms with Gasteiger partial charge in [0, 0.05) is 15.6 Å². The number of rotatable bonds is 6. The number of hydrogen-bond acceptors (Lipinski definition) is 7. The molecule has 0 radical (unpaired) electrons. The average Bonchev–Trinajstić information content (AvgIpc) is 3.15. The van der Waals surface area contributed by atoms with Gasteiger partial charge in [-0.25, -0.2) is 9.79 Å². The van der Waals surface area contributed by atoms with Gasteiger partial charge in [-0.3, -0.25) is 0 Å². The molecule has 33 heavy (non-hydrogen) atoms. The number of aliphatic imine (C=N–C) groups is 1. The minimum Gasteiger partial charge on any atom is -0.493 e. The Balaban J connectivity index is 1.61. The fraction of sp³-hybridized carbons (Fsp3) is 0.0435. The van der Waals surface area contributed by atoms with Crippen molar-refractivity contribution in [3.05, 3.63) is 93.6 Å². The molecule has 168 valence electrons. The molecule has 3 aromatic rings. The van der Waals surface area contributed by atoms with E-state index in [-0.39, 0.29) is 28.0 Å². The first-order chi connectivity index (χ1) is 15.7. The summed E-state index contributed by atoms with van der Waals surface area (Å²) in [5.74, 6) is -0.372. The van der Waals surface area contributed by atoms with Gasteiger partial charge >= 0.3 is 16.1 Å². The van der Waals surface area contributed by atoms with E-state index < -0.39 is 16.1 Å². The fourth-order valence-corrected chi connectivity index (χ4v) is 4.18. The van der Waals surface area contributed by atoms with Crippen molar-refractivity contribution in [1.29, 1.82) is 0 Å². The number of carbonyl (C=O) groups is 1. The van der Waals surface area contributed by atoms with Gasteiger partial charge in [-0.1, -0.05) is 35.3 Å². The fourth-order valence-electron chi connectivity index (χ4n) is 2.92. The number of cyclic esters (lactones) is 1. The molecule has 0 unspecified atom stereocenters. The molecule has 1 heterocycles. The van der Waals surface area contributed by atoms with E-state index in [1.165, 1.54) is 49.6 Å². The van der Waals surface area contributed by atoms with Crippen molar-refractivity contribution in [2.24, 2.45) is 4.99 Å². The van der Waals surface area contributed by atoms with Crippen LogP contribution in [0.5, 0.6) is 11.5 Å². The van der Waals surface area contributed by atoms with E-state index in [0.29, 0.717) is 21.2 Å². The summed E-state index contributed by atoms with van der Waals surface area (Å²) in [6, 6.07) is 16.8. The molecule has 4 rings (SSSR count). The van der Waals surface area contributed by atoms with E-state index in [2.05, 4.69) is 4.99 Å². The van der Waals surface area contributed by atoms with E-state index in [1.807, 2.05) is 0 Å². The molecule has 0 aromatic heterocycles. The van der Waals surface area contributed by atoms with Crippen LogP contribution in [-0.2, 0) is 19.6 Å². The second-order valence-corrected chi connectivity index (χ2v) is 9.17. The first-order valence-corrected chi connectivity index (χ1v) is 11.6. The Labute approximate surface area is 200 Å². The standard InChI is InChI=1S/C23H15Cl2NO6S/c1-30-21-12-14(5-10-20(21)32-33(28,29)18-8-6-16(24)7-9-18)11-19-23(27)31-22(26-19)15-3-2-4-17(25)13-15/h2-13H,1H3/b19-11-. The Hall–Kier alpha value is -3.33. The second kappa shape index (κ2) is 9.27. The lowest BCUT2D eigenvalue weighted by Crippen LogP contribution is -2.10. The van der Waals surface area contributed by atoms with Crippen molar-refractivity contribution in [3.8, 4) is 11.5 Å². The topological polar surface area (TPSA) is 91.3 Å². The van der Waals surface area contributed by atoms with Gasteiger partial charge < -0.3 is 13.7 Å². The number of nitrogens with zero attached hydrogens (tertiary/aromatic N) is 1. The number of hydrogen-bond donors (Lipinski definition) is 0. The van der Waals surface area contributed by atoms with Crippen LogP contribution in [0.15, 0.2) is 82.3 Å². The molecule has 1 aliphatic heterocycles. The van der Waals surface area contributed by atoms with Crippen molar-refractivity contribution in [2.45, 2.75) is 4.90 Å². The normalized spacial score (nSPS) is 14.7. The maximum Gasteiger partial charge on any atom is 0.363 e. The van der Waals surface area contributed by atoms with Gasteiger partial charge in [-0.15, -0.1) is 0 Å². The van der Waals surface area contributed by atoms with Crippen LogP contribution in [0.4, 0.5) is 0 Å². The molecule has 10 heteroatoms. The summed E-state index contributed by atoms with van der Waals surface area (Å²) in [6.45, 7) is 0. The average molecular weight is 504 g/mol. The van der Waals surface area contributed by atoms with Crippen LogP contribution in [0.2, 0.25) is 10.0 Å². The van der Waals surface area contributed by atoms with Gasteiger partial charge in [0.15, 0.2) is 17.2 Å². The van der Waals surface area contributed by atoms with Crippen molar-refractivity contribution < 1.29 is 26.9 Å². The molecule has 3 aromatic carbocycles. The zero-order valence-electron chi connectivity index (χ0n) is 17.0. The Bertz CT molecular complexity index is 1400. The van der Waals surface area contributed by atoms with Crippen LogP contribution in [0.3, 0.4) is 0 Å². The van der Waals surface area contributed by atoms with Crippen LogP contribution >= 0.6 is 23.2 Å². The number of halogens is 2. The number of ether oxygens (including phenoxy) is 2. The molecule has 0 saturated heterocycles. The van der Waals surface area contributed by atoms with E-state index in [9.17, 15) is 13.2 Å². The second-order valence-electron chi connectivity index (χ2n) is 6.75. The zero-order chi connectivity index (χ0) is 23.6. The zero-order valence-corrected chi connectivity index (χ0v) is 19.3. The van der Waals surface area contributed by atoms with Crippen molar-refractivity contribution >= 4 is 51.3 Å². The summed E-state index contributed by atoms with van der Waals surface area (Å²) in [5, 5.41) is 0.882. The highest BCUT2D eigenvalue weighted by Crippen LogP contribution is 2.32. The Morgan fingerprint density at radius 3 is 2.39 bits per heavy atom. The molecule has 0 bridgehead atoms. The third kappa shape index (κ3) is 5.19. The van der Waals surface area contributed by atoms with E-state index in [1.54, 1.807) is 30.3 Å². The molecule has 0 aliphatic carbocycles. The largest absolute Gasteiger partial charge is 0.493 e. The van der Waals surface area contributed by atoms with Crippen LogP contribution in [0.25, 0.3) is 6.08 Å². The van der Waals surface area contributed by atoms with Gasteiger partial charge in [0.1, 0.15) is 4.90 Å². The van der Waals surface area contributed by atoms with Gasteiger partial charge in [0.05, 0.1) is 7.11 Å². The molecule has 7 nitrogen and oxygen atoms in total. The maximum absolute atomic E-state index is 12.6. The quantitative estimate of drug-likeness (QED) is 0.263. The maximum atomic E-state index is 12.6. The minimum atomic E-state index is -4.11. The van der Waals surface area contributed by atoms with E-state index >= 15 is 0 Å². The van der Waals surface area contributed by atoms with Crippen LogP contribution in [-0.4, -0.2) is 27.4 Å². The third-order valence-corrected chi connectivity index (χ3v) is 6.22. The Kier molecular flexibility index (Phi) is 6.42. The molecule has 0 fully saturated rings. The van der Waals surface area contributed by atoms with Crippen LogP contribution in [0, 0.1) is 0 Å². The van der Waals surface area contributed by atoms with Gasteiger partial charge in [-0.05, 0) is 66.2 Å². The minimum absolute atomic E-state index is 0.0216. The summed E-state index contributed by atoms with van der Waals surface area (Å²) >= 11 is 11.8. The molecule has 0 amide bonds. The predicted octanol–water partition coefficient (Wildman–Crippen LogP) is 5.11. The highest BCUT2D eigenvalue weighted by Gasteiger charge is 2.25. The summed E-state index contributed by atoms with van der Waals surface area (Å²) in [7, 11) is -2.74. The highest BCUT2D eigenvalue weighted by atomic mass is 35.5. The van der Waals surface area contributed by atoms with Crippen molar-refractivity contribution in [1.82, 2.24) is 0 Å². The van der Waals surface area contributed by atoms with Gasteiger partial charge in [0.25, 0.3) is 0 Å². The highest BCUT2D eigenvalue weighted by molar-refractivity contribution is 7.87. The van der Waals surface area contributed by atoms with Crippen molar-refractivity contribution in [2.75, 3.05) is 7.11 Å². The molecule has 0 atom stereocenters. The lowest BCUT2D eigenvalue weighted by molar-refractivity contribution is -0.129. The third-order valence-electron chi connectivity index (χ3n) is 4.48. The summed E-state index contributed by atoms with van der Waals surface area (Å²) in [5.41, 5.74) is 1.15. The predicted molar refractivity (Wildman–Crippen MR) is 124 cm³/mol. The van der Waals surface area contributed by atoms with Gasteiger partial charge in [0.2, 0.25) is 5.90 Å². The molecular formula is C23H15Cl2NO6S. The van der Waals surface area contributed by atoms with Crippen LogP contribution in [0.1, 0.15) is 11.1 Å². The molecule has 1 aliphatic rings. The Morgan fingerprint density at radius 2 is 1.70 bits per heavy atom. The first-order valence-electron chi connectivity index (χ1n) is 9.42. The number of benzene rings is 3.